The highest BCUT2D eigenvalue weighted by molar-refractivity contribution is 6.43. The number of carbonyl (C=O) groups is 2. The molecule has 5 heteroatoms. The summed E-state index contributed by atoms with van der Waals surface area (Å²) >= 11 is 0. The Balaban J connectivity index is 2.45. The topological polar surface area (TPSA) is 70.6 Å². The molecule has 13 heavy (non-hydrogen) atoms. The van der Waals surface area contributed by atoms with Gasteiger partial charge in [0.1, 0.15) is 5.71 Å². The first-order chi connectivity index (χ1) is 6.13. The van der Waals surface area contributed by atoms with Gasteiger partial charge in [-0.05, 0) is 13.3 Å². The fraction of sp³-hybridized carbons (Fsp3) is 0.625. The van der Waals surface area contributed by atoms with Crippen LogP contribution in [0.2, 0.25) is 0 Å². The van der Waals surface area contributed by atoms with E-state index in [1.165, 1.54) is 0 Å². The van der Waals surface area contributed by atoms with Gasteiger partial charge in [-0.15, -0.1) is 0 Å². The van der Waals surface area contributed by atoms with Crippen LogP contribution in [-0.4, -0.2) is 23.6 Å². The molecule has 1 heterocycles. The maximum absolute atomic E-state index is 11.3. The summed E-state index contributed by atoms with van der Waals surface area (Å²) in [6.45, 7) is 3.88. The molecular weight excluding hydrogens is 170 g/mol. The summed E-state index contributed by atoms with van der Waals surface area (Å²) in [4.78, 5) is 22.0. The minimum atomic E-state index is -0.257. The van der Waals surface area contributed by atoms with Crippen LogP contribution in [0, 0.1) is 0 Å². The van der Waals surface area contributed by atoms with Gasteiger partial charge in [0.2, 0.25) is 5.91 Å². The fourth-order valence-corrected chi connectivity index (χ4v) is 0.901. The first-order valence-electron chi connectivity index (χ1n) is 4.29. The van der Waals surface area contributed by atoms with Crippen molar-refractivity contribution >= 4 is 17.5 Å². The van der Waals surface area contributed by atoms with Crippen molar-refractivity contribution in [1.82, 2.24) is 10.7 Å². The van der Waals surface area contributed by atoms with Crippen LogP contribution in [-0.2, 0) is 9.59 Å². The summed E-state index contributed by atoms with van der Waals surface area (Å²) < 4.78 is 0. The zero-order valence-electron chi connectivity index (χ0n) is 7.76. The number of hydrogen-bond acceptors (Lipinski definition) is 3. The van der Waals surface area contributed by atoms with Crippen LogP contribution in [0.15, 0.2) is 5.10 Å². The molecule has 0 spiro atoms. The Bertz CT molecular complexity index is 260. The number of amides is 2. The van der Waals surface area contributed by atoms with Crippen LogP contribution in [0.5, 0.6) is 0 Å². The van der Waals surface area contributed by atoms with Gasteiger partial charge in [-0.3, -0.25) is 9.59 Å². The third kappa shape index (κ3) is 2.54. The Morgan fingerprint density at radius 3 is 2.92 bits per heavy atom. The zero-order valence-corrected chi connectivity index (χ0v) is 7.76. The molecule has 1 aliphatic heterocycles. The third-order valence-electron chi connectivity index (χ3n) is 1.90. The Morgan fingerprint density at radius 1 is 1.77 bits per heavy atom. The Morgan fingerprint density at radius 2 is 2.46 bits per heavy atom. The van der Waals surface area contributed by atoms with Crippen molar-refractivity contribution in [3.05, 3.63) is 0 Å². The van der Waals surface area contributed by atoms with E-state index < -0.39 is 0 Å². The van der Waals surface area contributed by atoms with Gasteiger partial charge in [0.05, 0.1) is 6.42 Å². The molecule has 0 aromatic carbocycles. The van der Waals surface area contributed by atoms with E-state index in [-0.39, 0.29) is 30.0 Å². The monoisotopic (exact) mass is 183 g/mol. The lowest BCUT2D eigenvalue weighted by atomic mass is 10.2. The maximum Gasteiger partial charge on any atom is 0.268 e. The second-order valence-electron chi connectivity index (χ2n) is 3.05. The maximum atomic E-state index is 11.3. The van der Waals surface area contributed by atoms with Crippen LogP contribution in [0.25, 0.3) is 0 Å². The van der Waals surface area contributed by atoms with E-state index in [1.54, 1.807) is 0 Å². The quantitative estimate of drug-likeness (QED) is 0.634. The first kappa shape index (κ1) is 9.70. The van der Waals surface area contributed by atoms with E-state index in [4.69, 9.17) is 0 Å². The Labute approximate surface area is 76.6 Å². The standard InChI is InChI=1S/C8H13N3O2/c1-3-5(2)9-8(13)6-4-7(12)11-10-6/h5H,3-4H2,1-2H3,(H,9,13)(H,11,12). The summed E-state index contributed by atoms with van der Waals surface area (Å²) in [5.41, 5.74) is 2.50. The Kier molecular flexibility index (Phi) is 3.00. The second-order valence-corrected chi connectivity index (χ2v) is 3.05. The highest BCUT2D eigenvalue weighted by Crippen LogP contribution is 1.97. The van der Waals surface area contributed by atoms with E-state index >= 15 is 0 Å². The molecule has 2 amide bonds. The minimum Gasteiger partial charge on any atom is -0.348 e. The summed E-state index contributed by atoms with van der Waals surface area (Å²) in [6, 6.07) is 0.117. The van der Waals surface area contributed by atoms with Gasteiger partial charge in [-0.1, -0.05) is 6.92 Å². The SMILES string of the molecule is CCC(C)NC(=O)C1=NNC(=O)C1. The predicted molar refractivity (Wildman–Crippen MR) is 48.1 cm³/mol. The van der Waals surface area contributed by atoms with E-state index in [0.29, 0.717) is 0 Å². The summed E-state index contributed by atoms with van der Waals surface area (Å²) in [6.07, 6.45) is 0.947. The number of nitrogens with one attached hydrogen (secondary N) is 2. The molecule has 0 aromatic heterocycles. The molecule has 72 valence electrons. The van der Waals surface area contributed by atoms with E-state index in [0.717, 1.165) is 6.42 Å². The second kappa shape index (κ2) is 4.02. The smallest absolute Gasteiger partial charge is 0.268 e. The Hall–Kier alpha value is -1.39. The minimum absolute atomic E-state index is 0.0856. The van der Waals surface area contributed by atoms with Crippen molar-refractivity contribution in [3.63, 3.8) is 0 Å². The lowest BCUT2D eigenvalue weighted by molar-refractivity contribution is -0.120. The average molecular weight is 183 g/mol. The molecule has 0 saturated heterocycles. The first-order valence-corrected chi connectivity index (χ1v) is 4.29. The van der Waals surface area contributed by atoms with Gasteiger partial charge in [-0.2, -0.15) is 5.10 Å². The third-order valence-corrected chi connectivity index (χ3v) is 1.90. The van der Waals surface area contributed by atoms with Crippen LogP contribution in [0.1, 0.15) is 26.7 Å². The molecule has 1 atom stereocenters. The summed E-state index contributed by atoms with van der Waals surface area (Å²) in [7, 11) is 0. The largest absolute Gasteiger partial charge is 0.348 e. The van der Waals surface area contributed by atoms with Gasteiger partial charge >= 0.3 is 0 Å². The summed E-state index contributed by atoms with van der Waals surface area (Å²) in [5.74, 6) is -0.484. The van der Waals surface area contributed by atoms with E-state index in [1.807, 2.05) is 13.8 Å². The van der Waals surface area contributed by atoms with Crippen LogP contribution in [0.4, 0.5) is 0 Å². The van der Waals surface area contributed by atoms with Crippen molar-refractivity contribution < 1.29 is 9.59 Å². The highest BCUT2D eigenvalue weighted by Gasteiger charge is 2.21. The molecule has 0 fully saturated rings. The summed E-state index contributed by atoms with van der Waals surface area (Å²) in [5, 5.41) is 6.34. The molecule has 1 aliphatic rings. The van der Waals surface area contributed by atoms with Gasteiger partial charge in [-0.25, -0.2) is 5.43 Å². The van der Waals surface area contributed by atoms with Crippen molar-refractivity contribution in [2.75, 3.05) is 0 Å². The lowest BCUT2D eigenvalue weighted by Crippen LogP contribution is -2.36. The zero-order chi connectivity index (χ0) is 9.84. The predicted octanol–water partition coefficient (Wildman–Crippen LogP) is -0.223. The molecular formula is C8H13N3O2. The van der Waals surface area contributed by atoms with Gasteiger partial charge < -0.3 is 5.32 Å². The molecule has 1 rings (SSSR count). The number of hydrogen-bond donors (Lipinski definition) is 2. The van der Waals surface area contributed by atoms with Crippen LogP contribution < -0.4 is 10.7 Å². The van der Waals surface area contributed by atoms with Gasteiger partial charge in [0, 0.05) is 6.04 Å². The lowest BCUT2D eigenvalue weighted by Gasteiger charge is -2.09. The van der Waals surface area contributed by atoms with Crippen molar-refractivity contribution in [2.24, 2.45) is 5.10 Å². The molecule has 0 bridgehead atoms. The van der Waals surface area contributed by atoms with Gasteiger partial charge in [0.25, 0.3) is 5.91 Å². The fourth-order valence-electron chi connectivity index (χ4n) is 0.901. The normalized spacial score (nSPS) is 17.7. The number of rotatable bonds is 3. The molecule has 2 N–H and O–H groups in total. The van der Waals surface area contributed by atoms with Crippen LogP contribution >= 0.6 is 0 Å². The van der Waals surface area contributed by atoms with E-state index in [9.17, 15) is 9.59 Å². The number of hydrazone groups is 1. The molecule has 5 nitrogen and oxygen atoms in total. The average Bonchev–Trinajstić information content (AvgIpc) is 2.51. The molecule has 0 saturated carbocycles. The molecule has 1 unspecified atom stereocenters. The van der Waals surface area contributed by atoms with Crippen molar-refractivity contribution in [1.29, 1.82) is 0 Å². The number of nitrogens with zero attached hydrogens (tertiary/aromatic N) is 1. The van der Waals surface area contributed by atoms with Crippen molar-refractivity contribution in [3.8, 4) is 0 Å². The van der Waals surface area contributed by atoms with E-state index in [2.05, 4.69) is 15.8 Å². The van der Waals surface area contributed by atoms with Crippen LogP contribution in [0.3, 0.4) is 0 Å². The highest BCUT2D eigenvalue weighted by atomic mass is 16.2. The molecule has 0 aliphatic carbocycles. The molecule has 0 aromatic rings. The number of carbonyl (C=O) groups excluding carboxylic acids is 2. The van der Waals surface area contributed by atoms with Gasteiger partial charge in [0.15, 0.2) is 0 Å². The molecule has 0 radical (unpaired) electrons. The van der Waals surface area contributed by atoms with Crippen molar-refractivity contribution in [2.45, 2.75) is 32.7 Å².